The van der Waals surface area contributed by atoms with Gasteiger partial charge in [-0.2, -0.15) is 9.83 Å². The second kappa shape index (κ2) is 8.89. The quantitative estimate of drug-likeness (QED) is 0.239. The number of halogens is 2. The van der Waals surface area contributed by atoms with Crippen molar-refractivity contribution in [1.82, 2.24) is 5.32 Å². The lowest BCUT2D eigenvalue weighted by molar-refractivity contribution is -0.744. The summed E-state index contributed by atoms with van der Waals surface area (Å²) in [6, 6.07) is 17.8. The highest BCUT2D eigenvalue weighted by Gasteiger charge is 2.68. The third-order valence-corrected chi connectivity index (χ3v) is 11.0. The minimum atomic E-state index is -1.32. The van der Waals surface area contributed by atoms with E-state index in [9.17, 15) is 10.4 Å². The second-order valence-electron chi connectivity index (χ2n) is 12.1. The van der Waals surface area contributed by atoms with E-state index in [1.54, 1.807) is 6.07 Å². The molecule has 8 rings (SSSR count). The van der Waals surface area contributed by atoms with Gasteiger partial charge in [0, 0.05) is 16.9 Å². The Bertz CT molecular complexity index is 1500. The van der Waals surface area contributed by atoms with Crippen LogP contribution in [0.5, 0.6) is 0 Å². The number of fused-ring (bicyclic) bond motifs is 1. The van der Waals surface area contributed by atoms with E-state index in [4.69, 9.17) is 35.8 Å². The number of rotatable bonds is 3. The first-order chi connectivity index (χ1) is 18.3. The molecule has 4 fully saturated rings. The fourth-order valence-electron chi connectivity index (χ4n) is 8.78. The van der Waals surface area contributed by atoms with Crippen LogP contribution in [0.3, 0.4) is 0 Å². The number of nitrogens with zero attached hydrogens (tertiary/aromatic N) is 2. The first kappa shape index (κ1) is 24.8. The highest BCUT2D eigenvalue weighted by atomic mass is 35.5. The number of nitrogens with one attached hydrogen (secondary N) is 1. The SMILES string of the molecule is N#CC1=C(S)NC(O)(C23CC4CC(CC(C4)C2)C3)C([n+]2ccc3ccccc3c2)C1c1ccc(Cl)c(Cl)c1. The van der Waals surface area contributed by atoms with E-state index in [1.165, 1.54) is 19.3 Å². The van der Waals surface area contributed by atoms with Crippen LogP contribution in [-0.4, -0.2) is 10.8 Å². The number of allylic oxidation sites excluding steroid dienone is 1. The van der Waals surface area contributed by atoms with Crippen molar-refractivity contribution in [3.63, 3.8) is 0 Å². The minimum absolute atomic E-state index is 0.311. The Kier molecular flexibility index (Phi) is 5.80. The normalized spacial score (nSPS) is 35.8. The Morgan fingerprint density at radius 1 is 0.947 bits per heavy atom. The molecule has 3 aromatic rings. The zero-order valence-electron chi connectivity index (χ0n) is 20.9. The monoisotopic (exact) mass is 562 g/mol. The Morgan fingerprint density at radius 3 is 2.24 bits per heavy atom. The summed E-state index contributed by atoms with van der Waals surface area (Å²) in [5.41, 5.74) is -0.289. The summed E-state index contributed by atoms with van der Waals surface area (Å²) in [7, 11) is 0. The van der Waals surface area contributed by atoms with Crippen LogP contribution in [0.1, 0.15) is 56.0 Å². The van der Waals surface area contributed by atoms with Crippen LogP contribution in [-0.2, 0) is 0 Å². The van der Waals surface area contributed by atoms with Crippen molar-refractivity contribution < 1.29 is 9.67 Å². The van der Waals surface area contributed by atoms with E-state index < -0.39 is 17.7 Å². The highest BCUT2D eigenvalue weighted by Crippen LogP contribution is 2.66. The second-order valence-corrected chi connectivity index (χ2v) is 13.3. The first-order valence-electron chi connectivity index (χ1n) is 13.5. The predicted molar refractivity (Wildman–Crippen MR) is 153 cm³/mol. The summed E-state index contributed by atoms with van der Waals surface area (Å²) < 4.78 is 2.12. The molecule has 2 N–H and O–H groups in total. The van der Waals surface area contributed by atoms with Crippen molar-refractivity contribution in [2.24, 2.45) is 23.2 Å². The Morgan fingerprint density at radius 2 is 1.61 bits per heavy atom. The molecule has 0 amide bonds. The molecule has 3 unspecified atom stereocenters. The average molecular weight is 564 g/mol. The van der Waals surface area contributed by atoms with Crippen molar-refractivity contribution in [2.45, 2.75) is 56.2 Å². The van der Waals surface area contributed by atoms with Crippen LogP contribution in [0.15, 0.2) is 71.5 Å². The molecule has 1 aromatic heterocycles. The van der Waals surface area contributed by atoms with Crippen LogP contribution >= 0.6 is 35.8 Å². The number of thiol groups is 1. The molecule has 3 atom stereocenters. The van der Waals surface area contributed by atoms with Crippen LogP contribution in [0.2, 0.25) is 10.0 Å². The van der Waals surface area contributed by atoms with Gasteiger partial charge in [-0.05, 0) is 85.4 Å². The molecule has 0 saturated heterocycles. The number of pyridine rings is 1. The first-order valence-corrected chi connectivity index (χ1v) is 14.7. The van der Waals surface area contributed by atoms with Gasteiger partial charge in [0.15, 0.2) is 12.4 Å². The van der Waals surface area contributed by atoms with E-state index in [1.807, 2.05) is 30.5 Å². The van der Waals surface area contributed by atoms with Gasteiger partial charge in [0.1, 0.15) is 0 Å². The van der Waals surface area contributed by atoms with Gasteiger partial charge in [-0.25, -0.2) is 0 Å². The van der Waals surface area contributed by atoms with Crippen LogP contribution in [0.4, 0.5) is 0 Å². The van der Waals surface area contributed by atoms with Gasteiger partial charge in [0.25, 0.3) is 0 Å². The van der Waals surface area contributed by atoms with Crippen molar-refractivity contribution in [3.05, 3.63) is 87.1 Å². The number of hydrogen-bond acceptors (Lipinski definition) is 4. The van der Waals surface area contributed by atoms with Gasteiger partial charge >= 0.3 is 0 Å². The Hall–Kier alpha value is -2.23. The van der Waals surface area contributed by atoms with E-state index in [0.29, 0.717) is 38.4 Å². The lowest BCUT2D eigenvalue weighted by Gasteiger charge is -2.63. The van der Waals surface area contributed by atoms with Gasteiger partial charge in [-0.3, -0.25) is 0 Å². The molecule has 0 radical (unpaired) electrons. The lowest BCUT2D eigenvalue weighted by atomic mass is 9.45. The van der Waals surface area contributed by atoms with Crippen molar-refractivity contribution in [3.8, 4) is 6.07 Å². The fraction of sp³-hybridized carbons (Fsp3) is 0.419. The third-order valence-electron chi connectivity index (χ3n) is 9.92. The summed E-state index contributed by atoms with van der Waals surface area (Å²) in [4.78, 5) is 0. The number of aromatic nitrogens is 1. The molecule has 4 nitrogen and oxygen atoms in total. The number of aliphatic hydroxyl groups is 1. The van der Waals surface area contributed by atoms with Gasteiger partial charge in [-0.15, -0.1) is 12.6 Å². The molecule has 4 bridgehead atoms. The number of nitriles is 1. The van der Waals surface area contributed by atoms with E-state index in [0.717, 1.165) is 35.6 Å². The summed E-state index contributed by atoms with van der Waals surface area (Å²) in [5, 5.41) is 30.6. The van der Waals surface area contributed by atoms with Gasteiger partial charge in [-0.1, -0.05) is 47.5 Å². The molecular weight excluding hydrogens is 533 g/mol. The topological polar surface area (TPSA) is 59.9 Å². The largest absolute Gasteiger partial charge is 0.365 e. The van der Waals surface area contributed by atoms with Crippen LogP contribution in [0.25, 0.3) is 10.8 Å². The summed E-state index contributed by atoms with van der Waals surface area (Å²) in [5.74, 6) is 1.46. The lowest BCUT2D eigenvalue weighted by Crippen LogP contribution is -2.73. The zero-order valence-corrected chi connectivity index (χ0v) is 23.4. The summed E-state index contributed by atoms with van der Waals surface area (Å²) >= 11 is 17.6. The molecule has 4 aliphatic carbocycles. The fourth-order valence-corrected chi connectivity index (χ4v) is 9.45. The molecule has 0 spiro atoms. The summed E-state index contributed by atoms with van der Waals surface area (Å²) in [6.45, 7) is 0. The van der Waals surface area contributed by atoms with Gasteiger partial charge in [0.2, 0.25) is 11.8 Å². The molecule has 194 valence electrons. The van der Waals surface area contributed by atoms with Crippen molar-refractivity contribution in [1.29, 1.82) is 5.26 Å². The molecule has 2 aromatic carbocycles. The molecule has 5 aliphatic rings. The zero-order chi connectivity index (χ0) is 26.2. The van der Waals surface area contributed by atoms with E-state index in [-0.39, 0.29) is 5.41 Å². The van der Waals surface area contributed by atoms with E-state index >= 15 is 0 Å². The van der Waals surface area contributed by atoms with Crippen molar-refractivity contribution >= 4 is 46.6 Å². The predicted octanol–water partition coefficient (Wildman–Crippen LogP) is 6.93. The van der Waals surface area contributed by atoms with Gasteiger partial charge < -0.3 is 10.4 Å². The average Bonchev–Trinajstić information content (AvgIpc) is 2.89. The molecule has 7 heteroatoms. The molecule has 38 heavy (non-hydrogen) atoms. The van der Waals surface area contributed by atoms with Crippen molar-refractivity contribution in [2.75, 3.05) is 0 Å². The minimum Gasteiger partial charge on any atom is -0.365 e. The summed E-state index contributed by atoms with van der Waals surface area (Å²) in [6.07, 6.45) is 10.9. The van der Waals surface area contributed by atoms with Gasteiger partial charge in [0.05, 0.1) is 32.6 Å². The third kappa shape index (κ3) is 3.64. The van der Waals surface area contributed by atoms with E-state index in [2.05, 4.69) is 40.3 Å². The number of hydrogen-bond donors (Lipinski definition) is 3. The highest BCUT2D eigenvalue weighted by molar-refractivity contribution is 7.84. The standard InChI is InChI=1S/C31H29Cl2N3OS/c32-25-6-5-22(12-26(25)33)27-24(16-34)29(38)35-31(37,30-13-18-9-19(14-30)11-20(10-18)15-30)28(27)36-8-7-21-3-1-2-4-23(21)17-36/h1-8,12,17-20,27-28,35,37H,9-11,13-15H2/p+1. The molecule has 2 heterocycles. The van der Waals surface area contributed by atoms with Crippen LogP contribution in [0, 0.1) is 34.5 Å². The van der Waals surface area contributed by atoms with Crippen LogP contribution < -0.4 is 9.88 Å². The maximum atomic E-state index is 13.2. The molecular formula is C31H30Cl2N3OS+. The maximum Gasteiger partial charge on any atom is 0.217 e. The molecule has 4 saturated carbocycles. The molecule has 1 aliphatic heterocycles. The Labute approximate surface area is 238 Å². The smallest absolute Gasteiger partial charge is 0.217 e. The number of benzene rings is 2. The Balaban J connectivity index is 1.48. The maximum absolute atomic E-state index is 13.2.